The molecule has 4 unspecified atom stereocenters. The van der Waals surface area contributed by atoms with Gasteiger partial charge in [-0.2, -0.15) is 4.98 Å². The summed E-state index contributed by atoms with van der Waals surface area (Å²) in [5, 5.41) is 49.4. The van der Waals surface area contributed by atoms with Gasteiger partial charge in [-0.3, -0.25) is 4.57 Å². The van der Waals surface area contributed by atoms with E-state index in [1.807, 2.05) is 0 Å². The Morgan fingerprint density at radius 3 is 2.54 bits per heavy atom. The van der Waals surface area contributed by atoms with Crippen molar-refractivity contribution in [2.24, 2.45) is 0 Å². The van der Waals surface area contributed by atoms with Crippen LogP contribution in [0.25, 0.3) is 0 Å². The van der Waals surface area contributed by atoms with Crippen molar-refractivity contribution < 1.29 is 44.1 Å². The summed E-state index contributed by atoms with van der Waals surface area (Å²) in [7, 11) is 0. The van der Waals surface area contributed by atoms with E-state index in [1.54, 1.807) is 0 Å². The van der Waals surface area contributed by atoms with E-state index in [1.165, 1.54) is 6.92 Å². The molecular formula is C15H22FN3O9. The first-order valence-electron chi connectivity index (χ1n) is 8.49. The van der Waals surface area contributed by atoms with Crippen LogP contribution in [0.2, 0.25) is 0 Å². The fraction of sp³-hybridized carbons (Fsp3) is 0.733. The summed E-state index contributed by atoms with van der Waals surface area (Å²) in [4.78, 5) is 15.4. The molecule has 7 N–H and O–H groups in total. The maximum absolute atomic E-state index is 13.8. The van der Waals surface area contributed by atoms with Gasteiger partial charge in [-0.15, -0.1) is 0 Å². The Kier molecular flexibility index (Phi) is 5.97. The number of aromatic nitrogens is 2. The minimum absolute atomic E-state index is 0.612. The van der Waals surface area contributed by atoms with Crippen LogP contribution in [0, 0.1) is 5.82 Å². The van der Waals surface area contributed by atoms with Gasteiger partial charge in [0.2, 0.25) is 0 Å². The number of rotatable bonds is 4. The molecule has 2 fully saturated rings. The monoisotopic (exact) mass is 407 g/mol. The van der Waals surface area contributed by atoms with Crippen LogP contribution in [0.15, 0.2) is 11.0 Å². The lowest BCUT2D eigenvalue weighted by molar-refractivity contribution is -0.320. The van der Waals surface area contributed by atoms with Crippen LogP contribution in [-0.4, -0.2) is 90.7 Å². The van der Waals surface area contributed by atoms with E-state index in [-0.39, 0.29) is 0 Å². The van der Waals surface area contributed by atoms with Crippen molar-refractivity contribution in [2.45, 2.75) is 62.2 Å². The topological polar surface area (TPSA) is 190 Å². The molecule has 28 heavy (non-hydrogen) atoms. The maximum Gasteiger partial charge on any atom is 0.351 e. The van der Waals surface area contributed by atoms with Crippen molar-refractivity contribution >= 4 is 5.82 Å². The molecule has 1 aromatic heterocycles. The maximum atomic E-state index is 13.8. The first-order valence-corrected chi connectivity index (χ1v) is 8.49. The first-order chi connectivity index (χ1) is 13.1. The zero-order chi connectivity index (χ0) is 20.7. The molecule has 158 valence electrons. The van der Waals surface area contributed by atoms with Gasteiger partial charge in [0.05, 0.1) is 18.9 Å². The lowest BCUT2D eigenvalue weighted by atomic mass is 9.99. The van der Waals surface area contributed by atoms with E-state index in [0.29, 0.717) is 0 Å². The quantitative estimate of drug-likeness (QED) is 0.289. The molecule has 0 bridgehead atoms. The predicted molar refractivity (Wildman–Crippen MR) is 87.1 cm³/mol. The number of nitrogen functional groups attached to an aromatic ring is 1. The van der Waals surface area contributed by atoms with Crippen LogP contribution >= 0.6 is 0 Å². The fourth-order valence-corrected chi connectivity index (χ4v) is 3.16. The molecule has 12 nitrogen and oxygen atoms in total. The van der Waals surface area contributed by atoms with Crippen molar-refractivity contribution in [3.8, 4) is 0 Å². The number of halogens is 1. The largest absolute Gasteiger partial charge is 0.394 e. The summed E-state index contributed by atoms with van der Waals surface area (Å²) in [6, 6.07) is 0. The fourth-order valence-electron chi connectivity index (χ4n) is 3.16. The summed E-state index contributed by atoms with van der Waals surface area (Å²) >= 11 is 0. The van der Waals surface area contributed by atoms with E-state index >= 15 is 0 Å². The Balaban J connectivity index is 1.88. The van der Waals surface area contributed by atoms with Crippen LogP contribution in [0.5, 0.6) is 0 Å². The van der Waals surface area contributed by atoms with Gasteiger partial charge < -0.3 is 45.5 Å². The van der Waals surface area contributed by atoms with E-state index in [4.69, 9.17) is 19.9 Å². The highest BCUT2D eigenvalue weighted by Crippen LogP contribution is 2.34. The van der Waals surface area contributed by atoms with Crippen LogP contribution in [0.1, 0.15) is 13.2 Å². The lowest BCUT2D eigenvalue weighted by Crippen LogP contribution is -2.60. The summed E-state index contributed by atoms with van der Waals surface area (Å²) in [6.45, 7) is 0.793. The van der Waals surface area contributed by atoms with Gasteiger partial charge in [0.1, 0.15) is 36.6 Å². The van der Waals surface area contributed by atoms with E-state index in [0.717, 1.165) is 10.8 Å². The van der Waals surface area contributed by atoms with E-state index in [2.05, 4.69) is 4.98 Å². The molecule has 2 aliphatic heterocycles. The first kappa shape index (κ1) is 21.0. The van der Waals surface area contributed by atoms with E-state index in [9.17, 15) is 34.7 Å². The van der Waals surface area contributed by atoms with Crippen molar-refractivity contribution in [1.82, 2.24) is 9.55 Å². The van der Waals surface area contributed by atoms with Gasteiger partial charge in [0.15, 0.2) is 24.2 Å². The van der Waals surface area contributed by atoms with Gasteiger partial charge in [-0.1, -0.05) is 0 Å². The number of aliphatic hydroxyl groups excluding tert-OH is 5. The molecule has 13 heteroatoms. The third-order valence-corrected chi connectivity index (χ3v) is 4.80. The SMILES string of the molecule is C[C@H]1O[C@@H](n2cc(F)c(N)nc2=O)[C@H](O[C@H]2OC(CO)C(O)C(O)C2O)[C@@H]1O. The molecule has 0 spiro atoms. The minimum atomic E-state index is -1.74. The zero-order valence-corrected chi connectivity index (χ0v) is 14.7. The molecule has 0 aliphatic carbocycles. The van der Waals surface area contributed by atoms with Crippen molar-refractivity contribution in [2.75, 3.05) is 12.3 Å². The molecule has 1 aromatic rings. The average molecular weight is 407 g/mol. The van der Waals surface area contributed by atoms with Crippen LogP contribution < -0.4 is 11.4 Å². The molecule has 2 aliphatic rings. The van der Waals surface area contributed by atoms with Gasteiger partial charge in [0.25, 0.3) is 0 Å². The van der Waals surface area contributed by atoms with E-state index < -0.39 is 79.2 Å². The molecule has 0 radical (unpaired) electrons. The van der Waals surface area contributed by atoms with Crippen LogP contribution in [0.4, 0.5) is 10.2 Å². The summed E-state index contributed by atoms with van der Waals surface area (Å²) in [5.74, 6) is -1.61. The number of ether oxygens (including phenoxy) is 3. The molecular weight excluding hydrogens is 385 g/mol. The molecule has 0 amide bonds. The Labute approximate surface area is 157 Å². The number of anilines is 1. The van der Waals surface area contributed by atoms with Gasteiger partial charge in [-0.25, -0.2) is 9.18 Å². The highest BCUT2D eigenvalue weighted by atomic mass is 19.1. The van der Waals surface area contributed by atoms with Gasteiger partial charge in [-0.05, 0) is 6.92 Å². The van der Waals surface area contributed by atoms with Gasteiger partial charge in [0, 0.05) is 0 Å². The van der Waals surface area contributed by atoms with Crippen molar-refractivity contribution in [3.63, 3.8) is 0 Å². The third-order valence-electron chi connectivity index (χ3n) is 4.80. The number of nitrogens with zero attached hydrogens (tertiary/aromatic N) is 2. The highest BCUT2D eigenvalue weighted by molar-refractivity contribution is 5.26. The molecule has 9 atom stereocenters. The second kappa shape index (κ2) is 7.96. The second-order valence-electron chi connectivity index (χ2n) is 6.68. The Morgan fingerprint density at radius 2 is 1.89 bits per heavy atom. The molecule has 3 rings (SSSR count). The zero-order valence-electron chi connectivity index (χ0n) is 14.7. The second-order valence-corrected chi connectivity index (χ2v) is 6.68. The molecule has 0 aromatic carbocycles. The Morgan fingerprint density at radius 1 is 1.21 bits per heavy atom. The van der Waals surface area contributed by atoms with Crippen molar-refractivity contribution in [3.05, 3.63) is 22.5 Å². The lowest BCUT2D eigenvalue weighted by Gasteiger charge is -2.41. The number of hydrogen-bond donors (Lipinski definition) is 6. The number of nitrogens with two attached hydrogens (primary N) is 1. The van der Waals surface area contributed by atoms with Crippen LogP contribution in [-0.2, 0) is 14.2 Å². The normalized spacial score (nSPS) is 41.3. The standard InChI is InChI=1S/C15H22FN3O9/c1-4-7(21)11(13(26-4)19-2-5(16)12(17)18-15(19)25)28-14-10(24)9(23)8(22)6(3-20)27-14/h2,4,6-11,13-14,20-24H,3H2,1H3,(H2,17,18,25)/t4-,6?,7-,8?,9?,10?,11-,13-,14-/m1/s1. The molecule has 3 heterocycles. The summed E-state index contributed by atoms with van der Waals surface area (Å²) < 4.78 is 30.7. The van der Waals surface area contributed by atoms with Crippen molar-refractivity contribution in [1.29, 1.82) is 0 Å². The molecule has 0 saturated carbocycles. The Bertz CT molecular complexity index is 763. The molecule has 2 saturated heterocycles. The third kappa shape index (κ3) is 3.62. The van der Waals surface area contributed by atoms with Crippen LogP contribution in [0.3, 0.4) is 0 Å². The highest BCUT2D eigenvalue weighted by Gasteiger charge is 2.50. The summed E-state index contributed by atoms with van der Waals surface area (Å²) in [5.41, 5.74) is 4.29. The number of aliphatic hydroxyl groups is 5. The smallest absolute Gasteiger partial charge is 0.351 e. The predicted octanol–water partition coefficient (Wildman–Crippen LogP) is -3.57. The number of hydrogen-bond acceptors (Lipinski definition) is 11. The minimum Gasteiger partial charge on any atom is -0.394 e. The average Bonchev–Trinajstić information content (AvgIpc) is 2.93. The summed E-state index contributed by atoms with van der Waals surface area (Å²) in [6.07, 6.45) is -12.0. The Hall–Kier alpha value is -1.71. The van der Waals surface area contributed by atoms with Gasteiger partial charge >= 0.3 is 5.69 Å².